The van der Waals surface area contributed by atoms with Gasteiger partial charge >= 0.3 is 0 Å². The largest absolute Gasteiger partial charge is 0.295 e. The van der Waals surface area contributed by atoms with Crippen LogP contribution in [0, 0.1) is 0 Å². The monoisotopic (exact) mass is 178 g/mol. The SMILES string of the molecule is O=C1C=CC(c2ccsc2)CC1. The molecule has 0 radical (unpaired) electrons. The van der Waals surface area contributed by atoms with Gasteiger partial charge in [0.25, 0.3) is 0 Å². The Morgan fingerprint density at radius 1 is 1.50 bits per heavy atom. The summed E-state index contributed by atoms with van der Waals surface area (Å²) in [5.74, 6) is 0.746. The molecule has 2 heteroatoms. The van der Waals surface area contributed by atoms with E-state index in [9.17, 15) is 4.79 Å². The van der Waals surface area contributed by atoms with Crippen LogP contribution < -0.4 is 0 Å². The van der Waals surface area contributed by atoms with Crippen LogP contribution in [-0.4, -0.2) is 5.78 Å². The molecular weight excluding hydrogens is 168 g/mol. The van der Waals surface area contributed by atoms with Crippen LogP contribution in [0.3, 0.4) is 0 Å². The van der Waals surface area contributed by atoms with E-state index >= 15 is 0 Å². The van der Waals surface area contributed by atoms with Gasteiger partial charge in [-0.15, -0.1) is 0 Å². The summed E-state index contributed by atoms with van der Waals surface area (Å²) in [5, 5.41) is 4.24. The molecule has 1 atom stereocenters. The van der Waals surface area contributed by atoms with Gasteiger partial charge in [-0.25, -0.2) is 0 Å². The molecule has 1 heterocycles. The van der Waals surface area contributed by atoms with Gasteiger partial charge in [-0.2, -0.15) is 11.3 Å². The molecule has 0 spiro atoms. The molecule has 0 aliphatic heterocycles. The lowest BCUT2D eigenvalue weighted by Crippen LogP contribution is -2.05. The van der Waals surface area contributed by atoms with Gasteiger partial charge in [0.1, 0.15) is 0 Å². The fourth-order valence-electron chi connectivity index (χ4n) is 1.46. The molecule has 1 aliphatic rings. The molecule has 12 heavy (non-hydrogen) atoms. The van der Waals surface area contributed by atoms with Gasteiger partial charge in [0, 0.05) is 12.3 Å². The number of carbonyl (C=O) groups excluding carboxylic acids is 1. The first-order valence-corrected chi connectivity index (χ1v) is 5.03. The Bertz CT molecular complexity index is 298. The van der Waals surface area contributed by atoms with E-state index in [0.29, 0.717) is 12.3 Å². The second-order valence-electron chi connectivity index (χ2n) is 3.03. The zero-order valence-electron chi connectivity index (χ0n) is 6.69. The maximum absolute atomic E-state index is 10.9. The Kier molecular flexibility index (Phi) is 2.09. The second kappa shape index (κ2) is 3.23. The van der Waals surface area contributed by atoms with Gasteiger partial charge in [-0.3, -0.25) is 4.79 Å². The molecule has 1 aromatic rings. The summed E-state index contributed by atoms with van der Waals surface area (Å²) in [6.45, 7) is 0. The summed E-state index contributed by atoms with van der Waals surface area (Å²) >= 11 is 1.72. The van der Waals surface area contributed by atoms with E-state index in [0.717, 1.165) is 6.42 Å². The Hall–Kier alpha value is -0.890. The third-order valence-corrected chi connectivity index (χ3v) is 2.89. The smallest absolute Gasteiger partial charge is 0.155 e. The standard InChI is InChI=1S/C10H10OS/c11-10-3-1-8(2-4-10)9-5-6-12-7-9/h1,3,5-8H,2,4H2. The summed E-state index contributed by atoms with van der Waals surface area (Å²) in [5.41, 5.74) is 1.35. The summed E-state index contributed by atoms with van der Waals surface area (Å²) in [6, 6.07) is 2.13. The Balaban J connectivity index is 2.17. The van der Waals surface area contributed by atoms with Crippen LogP contribution in [0.1, 0.15) is 24.3 Å². The fourth-order valence-corrected chi connectivity index (χ4v) is 2.19. The fraction of sp³-hybridized carbons (Fsp3) is 0.300. The van der Waals surface area contributed by atoms with E-state index in [1.54, 1.807) is 17.4 Å². The molecule has 1 unspecified atom stereocenters. The van der Waals surface area contributed by atoms with Crippen molar-refractivity contribution in [1.82, 2.24) is 0 Å². The highest BCUT2D eigenvalue weighted by molar-refractivity contribution is 7.08. The first-order chi connectivity index (χ1) is 5.86. The van der Waals surface area contributed by atoms with E-state index < -0.39 is 0 Å². The molecule has 0 aromatic carbocycles. The van der Waals surface area contributed by atoms with E-state index in [1.807, 2.05) is 6.08 Å². The number of hydrogen-bond acceptors (Lipinski definition) is 2. The lowest BCUT2D eigenvalue weighted by Gasteiger charge is -2.13. The second-order valence-corrected chi connectivity index (χ2v) is 3.81. The zero-order valence-corrected chi connectivity index (χ0v) is 7.51. The van der Waals surface area contributed by atoms with Crippen molar-refractivity contribution in [2.24, 2.45) is 0 Å². The number of ketones is 1. The average Bonchev–Trinajstić information content (AvgIpc) is 2.58. The van der Waals surface area contributed by atoms with Gasteiger partial charge in [0.05, 0.1) is 0 Å². The molecule has 0 saturated heterocycles. The van der Waals surface area contributed by atoms with E-state index in [1.165, 1.54) is 5.56 Å². The highest BCUT2D eigenvalue weighted by atomic mass is 32.1. The van der Waals surface area contributed by atoms with Crippen LogP contribution in [0.25, 0.3) is 0 Å². The lowest BCUT2D eigenvalue weighted by molar-refractivity contribution is -0.115. The molecule has 0 N–H and O–H groups in total. The van der Waals surface area contributed by atoms with Gasteiger partial charge < -0.3 is 0 Å². The van der Waals surface area contributed by atoms with E-state index in [-0.39, 0.29) is 5.78 Å². The van der Waals surface area contributed by atoms with Gasteiger partial charge in [0.2, 0.25) is 0 Å². The highest BCUT2D eigenvalue weighted by Gasteiger charge is 2.14. The molecule has 0 fully saturated rings. The quantitative estimate of drug-likeness (QED) is 0.646. The third-order valence-electron chi connectivity index (χ3n) is 2.19. The topological polar surface area (TPSA) is 17.1 Å². The van der Waals surface area contributed by atoms with Crippen molar-refractivity contribution in [2.45, 2.75) is 18.8 Å². The highest BCUT2D eigenvalue weighted by Crippen LogP contribution is 2.27. The minimum atomic E-state index is 0.265. The van der Waals surface area contributed by atoms with Crippen molar-refractivity contribution in [1.29, 1.82) is 0 Å². The summed E-state index contributed by atoms with van der Waals surface area (Å²) in [4.78, 5) is 10.9. The van der Waals surface area contributed by atoms with Crippen LogP contribution in [0.4, 0.5) is 0 Å². The van der Waals surface area contributed by atoms with Crippen molar-refractivity contribution in [3.63, 3.8) is 0 Å². The third kappa shape index (κ3) is 1.48. The van der Waals surface area contributed by atoms with Crippen molar-refractivity contribution < 1.29 is 4.79 Å². The molecule has 1 nitrogen and oxygen atoms in total. The van der Waals surface area contributed by atoms with E-state index in [2.05, 4.69) is 16.8 Å². The molecule has 0 saturated carbocycles. The van der Waals surface area contributed by atoms with Gasteiger partial charge in [0.15, 0.2) is 5.78 Å². The maximum Gasteiger partial charge on any atom is 0.155 e. The van der Waals surface area contributed by atoms with Crippen molar-refractivity contribution in [3.05, 3.63) is 34.5 Å². The number of allylic oxidation sites excluding steroid dienone is 2. The number of rotatable bonds is 1. The molecule has 1 aromatic heterocycles. The predicted molar refractivity (Wildman–Crippen MR) is 50.4 cm³/mol. The number of carbonyl (C=O) groups is 1. The van der Waals surface area contributed by atoms with Crippen LogP contribution in [0.2, 0.25) is 0 Å². The lowest BCUT2D eigenvalue weighted by atomic mass is 9.91. The summed E-state index contributed by atoms with van der Waals surface area (Å²) in [7, 11) is 0. The number of hydrogen-bond donors (Lipinski definition) is 0. The predicted octanol–water partition coefficient (Wildman–Crippen LogP) is 2.75. The number of thiophene rings is 1. The minimum Gasteiger partial charge on any atom is -0.295 e. The van der Waals surface area contributed by atoms with Crippen LogP contribution in [-0.2, 0) is 4.79 Å². The molecule has 62 valence electrons. The van der Waals surface area contributed by atoms with Crippen molar-refractivity contribution >= 4 is 17.1 Å². The zero-order chi connectivity index (χ0) is 8.39. The van der Waals surface area contributed by atoms with Crippen molar-refractivity contribution in [2.75, 3.05) is 0 Å². The Morgan fingerprint density at radius 2 is 2.42 bits per heavy atom. The first-order valence-electron chi connectivity index (χ1n) is 4.09. The van der Waals surface area contributed by atoms with Crippen LogP contribution in [0.5, 0.6) is 0 Å². The average molecular weight is 178 g/mol. The van der Waals surface area contributed by atoms with Crippen LogP contribution in [0.15, 0.2) is 29.0 Å². The summed E-state index contributed by atoms with van der Waals surface area (Å²) in [6.07, 6.45) is 5.42. The van der Waals surface area contributed by atoms with Crippen molar-refractivity contribution in [3.8, 4) is 0 Å². The molecule has 2 rings (SSSR count). The normalized spacial score (nSPS) is 23.0. The maximum atomic E-state index is 10.9. The first kappa shape index (κ1) is 7.74. The molecule has 0 amide bonds. The summed E-state index contributed by atoms with van der Waals surface area (Å²) < 4.78 is 0. The Labute approximate surface area is 75.7 Å². The van der Waals surface area contributed by atoms with Gasteiger partial charge in [-0.1, -0.05) is 6.08 Å². The van der Waals surface area contributed by atoms with E-state index in [4.69, 9.17) is 0 Å². The molecule has 1 aliphatic carbocycles. The molecular formula is C10H10OS. The van der Waals surface area contributed by atoms with Gasteiger partial charge in [-0.05, 0) is 34.9 Å². The Morgan fingerprint density at radius 3 is 3.00 bits per heavy atom. The molecule has 0 bridgehead atoms. The van der Waals surface area contributed by atoms with Crippen LogP contribution >= 0.6 is 11.3 Å². The minimum absolute atomic E-state index is 0.265.